The fraction of sp³-hybridized carbons (Fsp3) is 0.682. The summed E-state index contributed by atoms with van der Waals surface area (Å²) in [7, 11) is 5.90. The fourth-order valence-electron chi connectivity index (χ4n) is 4.44. The maximum absolute atomic E-state index is 5.30. The first-order valence-electron chi connectivity index (χ1n) is 10.5. The summed E-state index contributed by atoms with van der Waals surface area (Å²) in [6.45, 7) is 3.73. The van der Waals surface area contributed by atoms with Gasteiger partial charge in [0.25, 0.3) is 0 Å². The van der Waals surface area contributed by atoms with Gasteiger partial charge in [0.2, 0.25) is 0 Å². The summed E-state index contributed by atoms with van der Waals surface area (Å²) in [5.41, 5.74) is 2.63. The lowest BCUT2D eigenvalue weighted by Crippen LogP contribution is -2.39. The van der Waals surface area contributed by atoms with Crippen LogP contribution < -0.4 is 10.2 Å². The number of halogens is 1. The van der Waals surface area contributed by atoms with Crippen molar-refractivity contribution >= 4 is 35.6 Å². The van der Waals surface area contributed by atoms with Crippen molar-refractivity contribution in [2.75, 3.05) is 45.8 Å². The number of ether oxygens (including phenoxy) is 1. The molecule has 1 saturated heterocycles. The third-order valence-electron chi connectivity index (χ3n) is 6.12. The summed E-state index contributed by atoms with van der Waals surface area (Å²) in [5.74, 6) is 1.61. The number of benzene rings is 1. The largest absolute Gasteiger partial charge is 0.384 e. The van der Waals surface area contributed by atoms with E-state index in [2.05, 4.69) is 51.4 Å². The highest BCUT2D eigenvalue weighted by molar-refractivity contribution is 14.0. The topological polar surface area (TPSA) is 40.1 Å². The van der Waals surface area contributed by atoms with Gasteiger partial charge in [0.15, 0.2) is 5.96 Å². The highest BCUT2D eigenvalue weighted by Crippen LogP contribution is 2.26. The highest BCUT2D eigenvalue weighted by atomic mass is 127. The molecular formula is C22H37IN4O. The molecule has 0 aromatic heterocycles. The zero-order valence-electron chi connectivity index (χ0n) is 17.7. The molecule has 0 spiro atoms. The van der Waals surface area contributed by atoms with E-state index in [0.29, 0.717) is 12.0 Å². The van der Waals surface area contributed by atoms with Crippen molar-refractivity contribution in [1.29, 1.82) is 0 Å². The molecule has 2 aliphatic rings. The summed E-state index contributed by atoms with van der Waals surface area (Å²) in [6.07, 6.45) is 7.98. The molecule has 1 heterocycles. The van der Waals surface area contributed by atoms with Crippen molar-refractivity contribution in [1.82, 2.24) is 10.2 Å². The maximum Gasteiger partial charge on any atom is 0.193 e. The Morgan fingerprint density at radius 2 is 1.89 bits per heavy atom. The minimum atomic E-state index is 0. The van der Waals surface area contributed by atoms with Crippen LogP contribution in [0.5, 0.6) is 0 Å². The second-order valence-electron chi connectivity index (χ2n) is 8.03. The molecule has 1 aromatic rings. The predicted molar refractivity (Wildman–Crippen MR) is 129 cm³/mol. The number of nitrogens with zero attached hydrogens (tertiary/aromatic N) is 3. The molecule has 1 saturated carbocycles. The van der Waals surface area contributed by atoms with Crippen LogP contribution in [0.3, 0.4) is 0 Å². The first-order valence-corrected chi connectivity index (χ1v) is 10.5. The van der Waals surface area contributed by atoms with Crippen molar-refractivity contribution in [3.63, 3.8) is 0 Å². The van der Waals surface area contributed by atoms with Crippen LogP contribution in [0.4, 0.5) is 5.69 Å². The second kappa shape index (κ2) is 11.9. The minimum Gasteiger partial charge on any atom is -0.384 e. The molecule has 1 aliphatic carbocycles. The molecule has 28 heavy (non-hydrogen) atoms. The molecular weight excluding hydrogens is 463 g/mol. The van der Waals surface area contributed by atoms with E-state index in [1.165, 1.54) is 49.8 Å². The molecule has 3 rings (SSSR count). The molecule has 0 bridgehead atoms. The van der Waals surface area contributed by atoms with Gasteiger partial charge in [-0.15, -0.1) is 24.0 Å². The Labute approximate surface area is 187 Å². The quantitative estimate of drug-likeness (QED) is 0.363. The molecule has 6 heteroatoms. The number of hydrogen-bond donors (Lipinski definition) is 1. The Morgan fingerprint density at radius 3 is 2.54 bits per heavy atom. The zero-order valence-corrected chi connectivity index (χ0v) is 20.0. The maximum atomic E-state index is 5.30. The third kappa shape index (κ3) is 6.24. The first-order chi connectivity index (χ1) is 13.2. The van der Waals surface area contributed by atoms with Crippen molar-refractivity contribution in [2.24, 2.45) is 10.9 Å². The van der Waals surface area contributed by atoms with Gasteiger partial charge < -0.3 is 19.9 Å². The van der Waals surface area contributed by atoms with E-state index in [4.69, 9.17) is 4.74 Å². The van der Waals surface area contributed by atoms with Crippen molar-refractivity contribution in [2.45, 2.75) is 51.1 Å². The molecule has 1 N–H and O–H groups in total. The zero-order chi connectivity index (χ0) is 19.1. The summed E-state index contributed by atoms with van der Waals surface area (Å²) < 4.78 is 5.30. The molecule has 1 unspecified atom stereocenters. The predicted octanol–water partition coefficient (Wildman–Crippen LogP) is 4.12. The van der Waals surface area contributed by atoms with Crippen LogP contribution in [0.25, 0.3) is 0 Å². The third-order valence-corrected chi connectivity index (χ3v) is 6.12. The van der Waals surface area contributed by atoms with Crippen LogP contribution in [0.2, 0.25) is 0 Å². The van der Waals surface area contributed by atoms with Crippen LogP contribution in [-0.2, 0) is 11.3 Å². The molecule has 0 radical (unpaired) electrons. The number of likely N-dealkylation sites (tertiary alicyclic amines) is 1. The van der Waals surface area contributed by atoms with Gasteiger partial charge in [-0.25, -0.2) is 0 Å². The minimum absolute atomic E-state index is 0. The van der Waals surface area contributed by atoms with Crippen molar-refractivity contribution < 1.29 is 4.74 Å². The fourth-order valence-corrected chi connectivity index (χ4v) is 4.44. The standard InChI is InChI=1S/C22H36N4O.HI/c1-23-22(26-14-13-19(16-26)17-27-3)24-15-18-9-11-21(12-10-18)25(2)20-7-5-4-6-8-20;/h9-12,19-20H,4-8,13-17H2,1-3H3,(H,23,24);1H. The number of methoxy groups -OCH3 is 1. The molecule has 0 amide bonds. The van der Waals surface area contributed by atoms with E-state index in [9.17, 15) is 0 Å². The Kier molecular flexibility index (Phi) is 9.85. The van der Waals surface area contributed by atoms with Crippen LogP contribution in [0, 0.1) is 5.92 Å². The van der Waals surface area contributed by atoms with Crippen molar-refractivity contribution in [3.05, 3.63) is 29.8 Å². The summed E-state index contributed by atoms with van der Waals surface area (Å²) in [5, 5.41) is 3.52. The Morgan fingerprint density at radius 1 is 1.18 bits per heavy atom. The Bertz CT molecular complexity index is 601. The van der Waals surface area contributed by atoms with E-state index in [1.807, 2.05) is 7.05 Å². The van der Waals surface area contributed by atoms with E-state index < -0.39 is 0 Å². The first kappa shape index (κ1) is 23.3. The number of anilines is 1. The van der Waals surface area contributed by atoms with Gasteiger partial charge in [0.05, 0.1) is 6.61 Å². The number of rotatable bonds is 6. The summed E-state index contributed by atoms with van der Waals surface area (Å²) in [4.78, 5) is 9.28. The number of aliphatic imine (C=N–C) groups is 1. The van der Waals surface area contributed by atoms with Gasteiger partial charge in [0.1, 0.15) is 0 Å². The lowest BCUT2D eigenvalue weighted by atomic mass is 9.94. The Hall–Kier alpha value is -1.02. The monoisotopic (exact) mass is 500 g/mol. The lowest BCUT2D eigenvalue weighted by Gasteiger charge is -2.33. The van der Waals surface area contributed by atoms with Crippen LogP contribution in [0.15, 0.2) is 29.3 Å². The summed E-state index contributed by atoms with van der Waals surface area (Å²) >= 11 is 0. The Balaban J connectivity index is 0.00000280. The van der Waals surface area contributed by atoms with Gasteiger partial charge in [-0.1, -0.05) is 31.4 Å². The smallest absolute Gasteiger partial charge is 0.193 e. The molecule has 2 fully saturated rings. The second-order valence-corrected chi connectivity index (χ2v) is 8.03. The number of nitrogens with one attached hydrogen (secondary N) is 1. The van der Waals surface area contributed by atoms with Gasteiger partial charge in [0, 0.05) is 58.5 Å². The van der Waals surface area contributed by atoms with Gasteiger partial charge in [-0.3, -0.25) is 4.99 Å². The number of guanidine groups is 1. The van der Waals surface area contributed by atoms with Crippen LogP contribution in [0.1, 0.15) is 44.1 Å². The van der Waals surface area contributed by atoms with E-state index in [0.717, 1.165) is 32.2 Å². The number of hydrogen-bond acceptors (Lipinski definition) is 3. The molecule has 158 valence electrons. The average molecular weight is 500 g/mol. The van der Waals surface area contributed by atoms with Crippen LogP contribution >= 0.6 is 24.0 Å². The van der Waals surface area contributed by atoms with E-state index in [1.54, 1.807) is 7.11 Å². The molecule has 5 nitrogen and oxygen atoms in total. The van der Waals surface area contributed by atoms with E-state index >= 15 is 0 Å². The molecule has 1 aromatic carbocycles. The summed E-state index contributed by atoms with van der Waals surface area (Å²) in [6, 6.07) is 9.72. The lowest BCUT2D eigenvalue weighted by molar-refractivity contribution is 0.157. The SMILES string of the molecule is CN=C(NCc1ccc(N(C)C2CCCCC2)cc1)N1CCC(COC)C1.I. The van der Waals surface area contributed by atoms with Gasteiger partial charge >= 0.3 is 0 Å². The van der Waals surface area contributed by atoms with Gasteiger partial charge in [-0.2, -0.15) is 0 Å². The van der Waals surface area contributed by atoms with E-state index in [-0.39, 0.29) is 24.0 Å². The van der Waals surface area contributed by atoms with Gasteiger partial charge in [-0.05, 0) is 37.0 Å². The highest BCUT2D eigenvalue weighted by Gasteiger charge is 2.24. The molecule has 1 aliphatic heterocycles. The van der Waals surface area contributed by atoms with Crippen LogP contribution in [-0.4, -0.2) is 57.8 Å². The van der Waals surface area contributed by atoms with Crippen molar-refractivity contribution in [3.8, 4) is 0 Å². The normalized spacial score (nSPS) is 20.8. The molecule has 1 atom stereocenters. The average Bonchev–Trinajstić information content (AvgIpc) is 3.18.